The Kier molecular flexibility index (Phi) is 8.77. The number of alkyl halides is 3. The van der Waals surface area contributed by atoms with Crippen LogP contribution in [0, 0.1) is 11.7 Å². The number of benzene rings is 2. The van der Waals surface area contributed by atoms with E-state index in [0.717, 1.165) is 75.0 Å². The van der Waals surface area contributed by atoms with E-state index >= 15 is 4.39 Å². The molecule has 2 saturated heterocycles. The summed E-state index contributed by atoms with van der Waals surface area (Å²) < 4.78 is 56.5. The first kappa shape index (κ1) is 28.9. The first-order valence-electron chi connectivity index (χ1n) is 14.0. The third-order valence-electron chi connectivity index (χ3n) is 7.89. The number of likely N-dealkylation sites (tertiary alicyclic amines) is 1. The molecule has 0 bridgehead atoms. The first-order valence-corrected chi connectivity index (χ1v) is 14.0. The molecule has 3 aromatic rings. The summed E-state index contributed by atoms with van der Waals surface area (Å²) in [6.07, 6.45) is 1.02. The van der Waals surface area contributed by atoms with Crippen molar-refractivity contribution >= 4 is 11.7 Å². The SMILES string of the molecule is CC1CCN(c2ccc(CN3CCC(NC(=O)c4cccc(-c5ccc(OC(F)(F)F)cc5)c4F)CC3)cn2)CC1. The number of hydrogen-bond donors (Lipinski definition) is 1. The maximum absolute atomic E-state index is 15.3. The molecule has 218 valence electrons. The summed E-state index contributed by atoms with van der Waals surface area (Å²) in [6.45, 7) is 6.78. The summed E-state index contributed by atoms with van der Waals surface area (Å²) in [5, 5.41) is 2.95. The summed E-state index contributed by atoms with van der Waals surface area (Å²) >= 11 is 0. The molecule has 0 atom stereocenters. The number of nitrogens with zero attached hydrogens (tertiary/aromatic N) is 3. The van der Waals surface area contributed by atoms with Gasteiger partial charge in [-0.25, -0.2) is 9.37 Å². The Morgan fingerprint density at radius 1 is 0.976 bits per heavy atom. The van der Waals surface area contributed by atoms with Gasteiger partial charge in [-0.15, -0.1) is 13.2 Å². The largest absolute Gasteiger partial charge is 0.573 e. The molecule has 0 unspecified atom stereocenters. The van der Waals surface area contributed by atoms with Crippen LogP contribution < -0.4 is 15.0 Å². The molecule has 3 heterocycles. The van der Waals surface area contributed by atoms with Crippen LogP contribution in [0.15, 0.2) is 60.8 Å². The van der Waals surface area contributed by atoms with Gasteiger partial charge in [-0.2, -0.15) is 0 Å². The monoisotopic (exact) mass is 570 g/mol. The fraction of sp³-hybridized carbons (Fsp3) is 0.419. The highest BCUT2D eigenvalue weighted by Crippen LogP contribution is 2.29. The molecular formula is C31H34F4N4O2. The van der Waals surface area contributed by atoms with Gasteiger partial charge in [-0.1, -0.05) is 37.3 Å². The number of pyridine rings is 1. The number of anilines is 1. The molecule has 0 radical (unpaired) electrons. The number of piperidine rings is 2. The van der Waals surface area contributed by atoms with Crippen molar-refractivity contribution in [2.45, 2.75) is 51.6 Å². The minimum Gasteiger partial charge on any atom is -0.406 e. The van der Waals surface area contributed by atoms with Gasteiger partial charge in [0.1, 0.15) is 17.4 Å². The lowest BCUT2D eigenvalue weighted by Crippen LogP contribution is -2.44. The number of carbonyl (C=O) groups is 1. The second-order valence-corrected chi connectivity index (χ2v) is 11.0. The van der Waals surface area contributed by atoms with E-state index in [2.05, 4.69) is 38.9 Å². The predicted octanol–water partition coefficient (Wildman–Crippen LogP) is 6.42. The highest BCUT2D eigenvalue weighted by molar-refractivity contribution is 5.96. The van der Waals surface area contributed by atoms with Crippen LogP contribution in [0.4, 0.5) is 23.4 Å². The van der Waals surface area contributed by atoms with Crippen molar-refractivity contribution in [1.82, 2.24) is 15.2 Å². The number of nitrogens with one attached hydrogen (secondary N) is 1. The molecule has 2 aliphatic rings. The van der Waals surface area contributed by atoms with Crippen molar-refractivity contribution in [3.63, 3.8) is 0 Å². The van der Waals surface area contributed by atoms with Crippen LogP contribution in [0.1, 0.15) is 48.5 Å². The summed E-state index contributed by atoms with van der Waals surface area (Å²) in [4.78, 5) is 22.3. The number of ether oxygens (including phenoxy) is 1. The van der Waals surface area contributed by atoms with Crippen LogP contribution >= 0.6 is 0 Å². The van der Waals surface area contributed by atoms with E-state index in [9.17, 15) is 18.0 Å². The molecule has 10 heteroatoms. The minimum absolute atomic E-state index is 0.0809. The van der Waals surface area contributed by atoms with Crippen LogP contribution in [0.5, 0.6) is 5.75 Å². The molecule has 2 fully saturated rings. The molecular weight excluding hydrogens is 536 g/mol. The number of halogens is 4. The van der Waals surface area contributed by atoms with Gasteiger partial charge >= 0.3 is 6.36 Å². The van der Waals surface area contributed by atoms with Crippen molar-refractivity contribution in [2.75, 3.05) is 31.1 Å². The van der Waals surface area contributed by atoms with Crippen LogP contribution in [-0.4, -0.2) is 54.4 Å². The number of rotatable bonds is 7. The van der Waals surface area contributed by atoms with E-state index in [4.69, 9.17) is 4.98 Å². The lowest BCUT2D eigenvalue weighted by Gasteiger charge is -2.33. The van der Waals surface area contributed by atoms with Gasteiger partial charge < -0.3 is 15.0 Å². The summed E-state index contributed by atoms with van der Waals surface area (Å²) in [7, 11) is 0. The molecule has 6 nitrogen and oxygen atoms in total. The molecule has 1 amide bonds. The Hall–Kier alpha value is -3.66. The molecule has 0 spiro atoms. The zero-order valence-electron chi connectivity index (χ0n) is 23.0. The van der Waals surface area contributed by atoms with Gasteiger partial charge in [0.25, 0.3) is 5.91 Å². The van der Waals surface area contributed by atoms with E-state index in [0.29, 0.717) is 5.56 Å². The Morgan fingerprint density at radius 3 is 2.32 bits per heavy atom. The smallest absolute Gasteiger partial charge is 0.406 e. The van der Waals surface area contributed by atoms with Gasteiger partial charge in [-0.3, -0.25) is 9.69 Å². The van der Waals surface area contributed by atoms with Crippen LogP contribution in [0.3, 0.4) is 0 Å². The van der Waals surface area contributed by atoms with Gasteiger partial charge in [0.05, 0.1) is 5.56 Å². The molecule has 0 aliphatic carbocycles. The van der Waals surface area contributed by atoms with E-state index in [1.807, 2.05) is 6.20 Å². The Morgan fingerprint density at radius 2 is 1.68 bits per heavy atom. The predicted molar refractivity (Wildman–Crippen MR) is 149 cm³/mol. The number of carbonyl (C=O) groups excluding carboxylic acids is 1. The van der Waals surface area contributed by atoms with E-state index in [1.165, 1.54) is 37.1 Å². The molecule has 1 N–H and O–H groups in total. The maximum atomic E-state index is 15.3. The first-order chi connectivity index (χ1) is 19.6. The fourth-order valence-corrected chi connectivity index (χ4v) is 5.46. The second kappa shape index (κ2) is 12.5. The minimum atomic E-state index is -4.81. The van der Waals surface area contributed by atoms with Gasteiger partial charge in [0, 0.05) is 50.5 Å². The summed E-state index contributed by atoms with van der Waals surface area (Å²) in [5.41, 5.74) is 1.52. The maximum Gasteiger partial charge on any atom is 0.573 e. The summed E-state index contributed by atoms with van der Waals surface area (Å²) in [6, 6.07) is 13.5. The van der Waals surface area contributed by atoms with Gasteiger partial charge in [0.15, 0.2) is 0 Å². The van der Waals surface area contributed by atoms with E-state index in [-0.39, 0.29) is 17.2 Å². The molecule has 2 aromatic carbocycles. The second-order valence-electron chi connectivity index (χ2n) is 11.0. The summed E-state index contributed by atoms with van der Waals surface area (Å²) in [5.74, 6) is 0.181. The lowest BCUT2D eigenvalue weighted by atomic mass is 9.99. The van der Waals surface area contributed by atoms with Crippen LogP contribution in [-0.2, 0) is 6.54 Å². The fourth-order valence-electron chi connectivity index (χ4n) is 5.46. The zero-order valence-corrected chi connectivity index (χ0v) is 23.0. The van der Waals surface area contributed by atoms with Crippen molar-refractivity contribution in [2.24, 2.45) is 5.92 Å². The molecule has 0 saturated carbocycles. The third kappa shape index (κ3) is 7.55. The number of aromatic nitrogens is 1. The highest BCUT2D eigenvalue weighted by Gasteiger charge is 2.31. The number of amides is 1. The molecule has 1 aromatic heterocycles. The van der Waals surface area contributed by atoms with Crippen molar-refractivity contribution in [3.05, 3.63) is 77.7 Å². The standard InChI is InChI=1S/C31H34F4N4O2/c1-21-11-17-39(18-12-21)28-10-5-22(19-36-28)20-38-15-13-24(14-16-38)37-30(40)27-4-2-3-26(29(27)32)23-6-8-25(9-7-23)41-31(33,34)35/h2-10,19,21,24H,11-18,20H2,1H3,(H,37,40). The highest BCUT2D eigenvalue weighted by atomic mass is 19.4. The molecule has 2 aliphatic heterocycles. The van der Waals surface area contributed by atoms with Gasteiger partial charge in [0.2, 0.25) is 0 Å². The van der Waals surface area contributed by atoms with Crippen molar-refractivity contribution < 1.29 is 27.1 Å². The molecule has 41 heavy (non-hydrogen) atoms. The van der Waals surface area contributed by atoms with Gasteiger partial charge in [-0.05, 0) is 67.0 Å². The average Bonchev–Trinajstić information content (AvgIpc) is 2.95. The van der Waals surface area contributed by atoms with Crippen LogP contribution in [0.25, 0.3) is 11.1 Å². The normalized spacial score (nSPS) is 17.4. The lowest BCUT2D eigenvalue weighted by molar-refractivity contribution is -0.274. The Bertz CT molecular complexity index is 1320. The Balaban J connectivity index is 1.13. The third-order valence-corrected chi connectivity index (χ3v) is 7.89. The van der Waals surface area contributed by atoms with Crippen molar-refractivity contribution in [1.29, 1.82) is 0 Å². The number of hydrogen-bond acceptors (Lipinski definition) is 5. The van der Waals surface area contributed by atoms with E-state index < -0.39 is 23.8 Å². The van der Waals surface area contributed by atoms with Crippen molar-refractivity contribution in [3.8, 4) is 16.9 Å². The quantitative estimate of drug-likeness (QED) is 0.333. The van der Waals surface area contributed by atoms with Crippen LogP contribution in [0.2, 0.25) is 0 Å². The topological polar surface area (TPSA) is 57.7 Å². The van der Waals surface area contributed by atoms with E-state index in [1.54, 1.807) is 6.07 Å². The zero-order chi connectivity index (χ0) is 29.0. The molecule has 5 rings (SSSR count). The Labute approximate surface area is 237 Å². The average molecular weight is 571 g/mol.